The first-order valence-electron chi connectivity index (χ1n) is 6.64. The number of esters is 1. The summed E-state index contributed by atoms with van der Waals surface area (Å²) >= 11 is 0. The van der Waals surface area contributed by atoms with Crippen molar-refractivity contribution in [3.63, 3.8) is 0 Å². The summed E-state index contributed by atoms with van der Waals surface area (Å²) in [6, 6.07) is 3.89. The van der Waals surface area contributed by atoms with E-state index in [1.54, 1.807) is 18.0 Å². The zero-order chi connectivity index (χ0) is 15.1. The molecule has 0 aromatic carbocycles. The maximum atomic E-state index is 11.7. The Labute approximate surface area is 122 Å². The third-order valence-corrected chi connectivity index (χ3v) is 3.09. The molecule has 0 aliphatic carbocycles. The van der Waals surface area contributed by atoms with E-state index in [1.165, 1.54) is 7.11 Å². The number of rotatable bonds is 7. The highest BCUT2D eigenvalue weighted by atomic mass is 16.5. The largest absolute Gasteiger partial charge is 0.464 e. The van der Waals surface area contributed by atoms with E-state index in [2.05, 4.69) is 15.3 Å². The van der Waals surface area contributed by atoms with Gasteiger partial charge in [-0.05, 0) is 18.1 Å². The topological polar surface area (TPSA) is 79.1 Å². The molecule has 112 valence electrons. The molecule has 0 spiro atoms. The summed E-state index contributed by atoms with van der Waals surface area (Å²) in [4.78, 5) is 15.8. The number of ether oxygens (including phenoxy) is 2. The Bertz CT molecular complexity index is 583. The molecule has 0 aliphatic heterocycles. The lowest BCUT2D eigenvalue weighted by atomic mass is 10.2. The molecule has 0 saturated heterocycles. The molecule has 0 bridgehead atoms. The molecular weight excluding hydrogens is 272 g/mol. The molecule has 0 radical (unpaired) electrons. The fourth-order valence-electron chi connectivity index (χ4n) is 1.99. The van der Waals surface area contributed by atoms with Gasteiger partial charge in [-0.1, -0.05) is 11.3 Å². The number of methoxy groups -OCH3 is 2. The van der Waals surface area contributed by atoms with Crippen LogP contribution in [0.25, 0.3) is 0 Å². The summed E-state index contributed by atoms with van der Waals surface area (Å²) in [5, 5.41) is 7.96. The van der Waals surface area contributed by atoms with Gasteiger partial charge < -0.3 is 9.47 Å². The first kappa shape index (κ1) is 15.1. The fraction of sp³-hybridized carbons (Fsp3) is 0.429. The molecule has 0 atom stereocenters. The molecule has 7 heteroatoms. The molecule has 0 N–H and O–H groups in total. The van der Waals surface area contributed by atoms with Gasteiger partial charge in [0.1, 0.15) is 0 Å². The summed E-state index contributed by atoms with van der Waals surface area (Å²) in [5.74, 6) is -0.478. The van der Waals surface area contributed by atoms with E-state index in [1.807, 2.05) is 18.3 Å². The molecule has 7 nitrogen and oxygen atoms in total. The highest BCUT2D eigenvalue weighted by Gasteiger charge is 2.19. The standard InChI is InChI=1S/C14H18N4O3/c1-20-9-6-12-13(14(19)21-2)16-17-18(12)8-5-11-4-3-7-15-10-11/h3-4,7,10H,5-6,8-9H2,1-2H3. The zero-order valence-corrected chi connectivity index (χ0v) is 12.2. The van der Waals surface area contributed by atoms with Gasteiger partial charge in [-0.25, -0.2) is 9.48 Å². The van der Waals surface area contributed by atoms with Crippen molar-refractivity contribution >= 4 is 5.97 Å². The molecule has 21 heavy (non-hydrogen) atoms. The highest BCUT2D eigenvalue weighted by Crippen LogP contribution is 2.10. The normalized spacial score (nSPS) is 10.6. The molecule has 2 aromatic rings. The van der Waals surface area contributed by atoms with Gasteiger partial charge in [0.15, 0.2) is 5.69 Å². The molecule has 0 unspecified atom stereocenters. The minimum absolute atomic E-state index is 0.251. The molecular formula is C14H18N4O3. The number of carbonyl (C=O) groups excluding carboxylic acids is 1. The van der Waals surface area contributed by atoms with Gasteiger partial charge in [0.2, 0.25) is 0 Å². The maximum Gasteiger partial charge on any atom is 0.360 e. The minimum atomic E-state index is -0.478. The van der Waals surface area contributed by atoms with Gasteiger partial charge in [0, 0.05) is 32.5 Å². The van der Waals surface area contributed by atoms with Crippen LogP contribution in [0.2, 0.25) is 0 Å². The second-order valence-electron chi connectivity index (χ2n) is 4.45. The molecule has 2 rings (SSSR count). The minimum Gasteiger partial charge on any atom is -0.464 e. The van der Waals surface area contributed by atoms with E-state index in [9.17, 15) is 4.79 Å². The highest BCUT2D eigenvalue weighted by molar-refractivity contribution is 5.88. The summed E-state index contributed by atoms with van der Waals surface area (Å²) < 4.78 is 11.5. The van der Waals surface area contributed by atoms with Gasteiger partial charge in [-0.2, -0.15) is 0 Å². The lowest BCUT2D eigenvalue weighted by Gasteiger charge is -2.07. The zero-order valence-electron chi connectivity index (χ0n) is 12.2. The summed E-state index contributed by atoms with van der Waals surface area (Å²) in [5.41, 5.74) is 2.08. The van der Waals surface area contributed by atoms with E-state index in [4.69, 9.17) is 9.47 Å². The summed E-state index contributed by atoms with van der Waals surface area (Å²) in [6.45, 7) is 1.11. The van der Waals surface area contributed by atoms with E-state index in [-0.39, 0.29) is 5.69 Å². The summed E-state index contributed by atoms with van der Waals surface area (Å²) in [6.07, 6.45) is 4.87. The van der Waals surface area contributed by atoms with Gasteiger partial charge >= 0.3 is 5.97 Å². The van der Waals surface area contributed by atoms with Gasteiger partial charge in [0.05, 0.1) is 19.4 Å². The maximum absolute atomic E-state index is 11.7. The Kier molecular flexibility index (Phi) is 5.39. The Morgan fingerprint density at radius 3 is 2.86 bits per heavy atom. The van der Waals surface area contributed by atoms with Crippen molar-refractivity contribution in [1.29, 1.82) is 0 Å². The van der Waals surface area contributed by atoms with Crippen molar-refractivity contribution in [1.82, 2.24) is 20.0 Å². The lowest BCUT2D eigenvalue weighted by Crippen LogP contribution is -2.13. The van der Waals surface area contributed by atoms with Crippen LogP contribution < -0.4 is 0 Å². The van der Waals surface area contributed by atoms with Gasteiger partial charge in [0.25, 0.3) is 0 Å². The Balaban J connectivity index is 2.14. The van der Waals surface area contributed by atoms with Crippen molar-refractivity contribution < 1.29 is 14.3 Å². The van der Waals surface area contributed by atoms with E-state index >= 15 is 0 Å². The monoisotopic (exact) mass is 290 g/mol. The molecule has 2 heterocycles. The average molecular weight is 290 g/mol. The molecule has 0 aliphatic rings. The lowest BCUT2D eigenvalue weighted by molar-refractivity contribution is 0.0592. The van der Waals surface area contributed by atoms with Crippen LogP contribution in [0.5, 0.6) is 0 Å². The third kappa shape index (κ3) is 3.85. The number of hydrogen-bond donors (Lipinski definition) is 0. The number of aromatic nitrogens is 4. The van der Waals surface area contributed by atoms with Crippen molar-refractivity contribution in [3.05, 3.63) is 41.5 Å². The SMILES string of the molecule is COCCc1c(C(=O)OC)nnn1CCc1cccnc1. The van der Waals surface area contributed by atoms with Crippen LogP contribution in [0.1, 0.15) is 21.7 Å². The number of carbonyl (C=O) groups is 1. The first-order valence-corrected chi connectivity index (χ1v) is 6.64. The van der Waals surface area contributed by atoms with Crippen LogP contribution in [0.3, 0.4) is 0 Å². The van der Waals surface area contributed by atoms with Gasteiger partial charge in [-0.15, -0.1) is 5.10 Å². The Morgan fingerprint density at radius 1 is 1.33 bits per heavy atom. The summed E-state index contributed by atoms with van der Waals surface area (Å²) in [7, 11) is 2.94. The Hall–Kier alpha value is -2.28. The number of aryl methyl sites for hydroxylation is 2. The van der Waals surface area contributed by atoms with E-state index in [0.717, 1.165) is 17.7 Å². The molecule has 0 amide bonds. The second-order valence-corrected chi connectivity index (χ2v) is 4.45. The van der Waals surface area contributed by atoms with Crippen molar-refractivity contribution in [2.24, 2.45) is 0 Å². The van der Waals surface area contributed by atoms with E-state index < -0.39 is 5.97 Å². The van der Waals surface area contributed by atoms with Crippen molar-refractivity contribution in [3.8, 4) is 0 Å². The average Bonchev–Trinajstić information content (AvgIpc) is 2.94. The van der Waals surface area contributed by atoms with Crippen LogP contribution in [-0.4, -0.2) is 46.8 Å². The van der Waals surface area contributed by atoms with Crippen molar-refractivity contribution in [2.75, 3.05) is 20.8 Å². The number of hydrogen-bond acceptors (Lipinski definition) is 6. The molecule has 0 saturated carbocycles. The predicted molar refractivity (Wildman–Crippen MR) is 74.9 cm³/mol. The molecule has 0 fully saturated rings. The van der Waals surface area contributed by atoms with Crippen LogP contribution in [0, 0.1) is 0 Å². The first-order chi connectivity index (χ1) is 10.3. The Morgan fingerprint density at radius 2 is 2.19 bits per heavy atom. The van der Waals surface area contributed by atoms with E-state index in [0.29, 0.717) is 19.6 Å². The third-order valence-electron chi connectivity index (χ3n) is 3.09. The quantitative estimate of drug-likeness (QED) is 0.705. The predicted octanol–water partition coefficient (Wildman–Crippen LogP) is 0.891. The molecule has 2 aromatic heterocycles. The fourth-order valence-corrected chi connectivity index (χ4v) is 1.99. The van der Waals surface area contributed by atoms with Crippen molar-refractivity contribution in [2.45, 2.75) is 19.4 Å². The van der Waals surface area contributed by atoms with Crippen LogP contribution in [0.15, 0.2) is 24.5 Å². The van der Waals surface area contributed by atoms with Crippen LogP contribution in [0.4, 0.5) is 0 Å². The van der Waals surface area contributed by atoms with Gasteiger partial charge in [-0.3, -0.25) is 4.98 Å². The van der Waals surface area contributed by atoms with Crippen LogP contribution >= 0.6 is 0 Å². The number of pyridine rings is 1. The van der Waals surface area contributed by atoms with Crippen LogP contribution in [-0.2, 0) is 28.9 Å². The smallest absolute Gasteiger partial charge is 0.360 e. The number of nitrogens with zero attached hydrogens (tertiary/aromatic N) is 4. The second kappa shape index (κ2) is 7.49.